The monoisotopic (exact) mass is 571 g/mol. The molecule has 1 aromatic heterocycles. The van der Waals surface area contributed by atoms with Gasteiger partial charge in [0.2, 0.25) is 5.91 Å². The first kappa shape index (κ1) is 29.4. The number of hydrogen-bond donors (Lipinski definition) is 3. The number of carboxylic acid groups (broad SMARTS) is 1. The first-order valence-electron chi connectivity index (χ1n) is 14.5. The zero-order chi connectivity index (χ0) is 29.3. The second-order valence-corrected chi connectivity index (χ2v) is 10.7. The number of nitrogens with zero attached hydrogens (tertiary/aromatic N) is 2. The normalized spacial score (nSPS) is 18.6. The van der Waals surface area contributed by atoms with E-state index in [-0.39, 0.29) is 31.1 Å². The van der Waals surface area contributed by atoms with Gasteiger partial charge in [-0.15, -0.1) is 0 Å². The number of nitrogens with one attached hydrogen (secondary N) is 1. The third-order valence-corrected chi connectivity index (χ3v) is 7.53. The highest BCUT2D eigenvalue weighted by Crippen LogP contribution is 2.39. The van der Waals surface area contributed by atoms with Gasteiger partial charge in [0.05, 0.1) is 42.7 Å². The second-order valence-electron chi connectivity index (χ2n) is 10.7. The Morgan fingerprint density at radius 1 is 0.905 bits per heavy atom. The molecule has 3 aromatic carbocycles. The Morgan fingerprint density at radius 2 is 1.69 bits per heavy atom. The van der Waals surface area contributed by atoms with Crippen LogP contribution in [-0.4, -0.2) is 37.7 Å². The fourth-order valence-electron chi connectivity index (χ4n) is 5.31. The van der Waals surface area contributed by atoms with Gasteiger partial charge >= 0.3 is 5.97 Å². The molecular weight excluding hydrogens is 534 g/mol. The number of ether oxygens (including phenoxy) is 2. The molecule has 3 atom stereocenters. The lowest BCUT2D eigenvalue weighted by molar-refractivity contribution is -0.252. The van der Waals surface area contributed by atoms with Gasteiger partial charge in [-0.3, -0.25) is 9.59 Å². The largest absolute Gasteiger partial charge is 0.481 e. The van der Waals surface area contributed by atoms with Crippen LogP contribution in [0.1, 0.15) is 74.0 Å². The van der Waals surface area contributed by atoms with Crippen LogP contribution in [0.3, 0.4) is 0 Å². The minimum atomic E-state index is -0.786. The molecule has 1 amide bonds. The summed E-state index contributed by atoms with van der Waals surface area (Å²) in [6.45, 7) is 0.589. The van der Waals surface area contributed by atoms with Crippen molar-refractivity contribution >= 4 is 28.6 Å². The van der Waals surface area contributed by atoms with Gasteiger partial charge in [-0.1, -0.05) is 61.4 Å². The first-order chi connectivity index (χ1) is 20.5. The molecule has 1 saturated heterocycles. The Hall–Kier alpha value is -4.05. The molecule has 42 heavy (non-hydrogen) atoms. The summed E-state index contributed by atoms with van der Waals surface area (Å²) in [4.78, 5) is 27.7. The highest BCUT2D eigenvalue weighted by molar-refractivity contribution is 5.90. The van der Waals surface area contributed by atoms with Crippen molar-refractivity contribution in [2.45, 2.75) is 76.6 Å². The van der Waals surface area contributed by atoms with Crippen molar-refractivity contribution < 1.29 is 29.3 Å². The van der Waals surface area contributed by atoms with E-state index in [2.05, 4.69) is 14.9 Å². The summed E-state index contributed by atoms with van der Waals surface area (Å²) in [5, 5.41) is 21.2. The van der Waals surface area contributed by atoms with Crippen molar-refractivity contribution in [3.63, 3.8) is 0 Å². The molecule has 2 heterocycles. The van der Waals surface area contributed by atoms with Gasteiger partial charge in [-0.25, -0.2) is 4.98 Å². The molecule has 0 aliphatic carbocycles. The highest BCUT2D eigenvalue weighted by atomic mass is 16.7. The number of rotatable bonds is 13. The minimum Gasteiger partial charge on any atom is -0.481 e. The van der Waals surface area contributed by atoms with Crippen LogP contribution in [0.15, 0.2) is 79.1 Å². The topological polar surface area (TPSA) is 123 Å². The smallest absolute Gasteiger partial charge is 0.303 e. The Labute approximate surface area is 245 Å². The lowest BCUT2D eigenvalue weighted by Gasteiger charge is -2.36. The fraction of sp³-hybridized carbons (Fsp3) is 0.364. The van der Waals surface area contributed by atoms with E-state index < -0.39 is 12.3 Å². The SMILES string of the molecule is O=C(O)CCCCCCC(=O)Nc1cccc(C2OC(Cn3cnc4ccccc43)CC(c3ccc(CO)cc3)O2)c1. The lowest BCUT2D eigenvalue weighted by Crippen LogP contribution is -2.32. The zero-order valence-corrected chi connectivity index (χ0v) is 23.5. The quantitative estimate of drug-likeness (QED) is 0.165. The number of benzene rings is 3. The maximum Gasteiger partial charge on any atom is 0.303 e. The van der Waals surface area contributed by atoms with Crippen LogP contribution in [0.4, 0.5) is 5.69 Å². The van der Waals surface area contributed by atoms with Crippen LogP contribution >= 0.6 is 0 Å². The van der Waals surface area contributed by atoms with Crippen molar-refractivity contribution in [2.24, 2.45) is 0 Å². The van der Waals surface area contributed by atoms with Crippen LogP contribution in [0.25, 0.3) is 11.0 Å². The van der Waals surface area contributed by atoms with E-state index in [1.807, 2.05) is 79.1 Å². The fourth-order valence-corrected chi connectivity index (χ4v) is 5.31. The standard InChI is InChI=1S/C33H37N3O6/c37-21-23-14-16-24(17-15-23)30-19-27(20-36-22-34-28-10-5-6-11-29(28)36)41-33(42-30)25-8-7-9-26(18-25)35-31(38)12-3-1-2-4-13-32(39)40/h5-11,14-18,22,27,30,33,37H,1-4,12-13,19-21H2,(H,35,38)(H,39,40). The summed E-state index contributed by atoms with van der Waals surface area (Å²) in [5.41, 5.74) is 5.29. The van der Waals surface area contributed by atoms with Gasteiger partial charge in [-0.2, -0.15) is 0 Å². The summed E-state index contributed by atoms with van der Waals surface area (Å²) in [7, 11) is 0. The van der Waals surface area contributed by atoms with E-state index in [0.29, 0.717) is 37.9 Å². The van der Waals surface area contributed by atoms with Gasteiger partial charge in [0.15, 0.2) is 6.29 Å². The number of fused-ring (bicyclic) bond motifs is 1. The molecule has 9 nitrogen and oxygen atoms in total. The van der Waals surface area contributed by atoms with Gasteiger partial charge in [0, 0.05) is 30.5 Å². The number of aliphatic hydroxyl groups excluding tert-OH is 1. The van der Waals surface area contributed by atoms with E-state index >= 15 is 0 Å². The van der Waals surface area contributed by atoms with Crippen molar-refractivity contribution in [1.29, 1.82) is 0 Å². The molecule has 0 bridgehead atoms. The van der Waals surface area contributed by atoms with Crippen molar-refractivity contribution in [1.82, 2.24) is 9.55 Å². The third kappa shape index (κ3) is 7.82. The summed E-state index contributed by atoms with van der Waals surface area (Å²) in [6, 6.07) is 23.3. The number of carboxylic acids is 1. The molecule has 9 heteroatoms. The maximum atomic E-state index is 12.6. The van der Waals surface area contributed by atoms with E-state index in [0.717, 1.165) is 40.6 Å². The van der Waals surface area contributed by atoms with Gasteiger partial charge in [-0.05, 0) is 48.2 Å². The van der Waals surface area contributed by atoms with Crippen LogP contribution in [0, 0.1) is 0 Å². The number of imidazole rings is 1. The van der Waals surface area contributed by atoms with E-state index in [9.17, 15) is 14.7 Å². The number of aromatic nitrogens is 2. The number of amides is 1. The molecule has 1 aliphatic rings. The third-order valence-electron chi connectivity index (χ3n) is 7.53. The maximum absolute atomic E-state index is 12.6. The van der Waals surface area contributed by atoms with Crippen molar-refractivity contribution in [3.05, 3.63) is 95.8 Å². The van der Waals surface area contributed by atoms with Gasteiger partial charge in [0.25, 0.3) is 0 Å². The molecule has 3 N–H and O–H groups in total. The van der Waals surface area contributed by atoms with Crippen molar-refractivity contribution in [3.8, 4) is 0 Å². The molecule has 1 aliphatic heterocycles. The molecule has 5 rings (SSSR count). The van der Waals surface area contributed by atoms with Crippen LogP contribution < -0.4 is 5.32 Å². The Bertz CT molecular complexity index is 1480. The summed E-state index contributed by atoms with van der Waals surface area (Å²) < 4.78 is 15.1. The van der Waals surface area contributed by atoms with Crippen molar-refractivity contribution in [2.75, 3.05) is 5.32 Å². The van der Waals surface area contributed by atoms with E-state index in [1.54, 1.807) is 0 Å². The number of aliphatic hydroxyl groups is 1. The van der Waals surface area contributed by atoms with E-state index in [4.69, 9.17) is 14.6 Å². The number of hydrogen-bond acceptors (Lipinski definition) is 6. The summed E-state index contributed by atoms with van der Waals surface area (Å²) in [5.74, 6) is -0.867. The van der Waals surface area contributed by atoms with E-state index in [1.165, 1.54) is 0 Å². The number of unbranched alkanes of at least 4 members (excludes halogenated alkanes) is 3. The first-order valence-corrected chi connectivity index (χ1v) is 14.5. The molecule has 1 fully saturated rings. The summed E-state index contributed by atoms with van der Waals surface area (Å²) >= 11 is 0. The van der Waals surface area contributed by atoms with Gasteiger partial charge < -0.3 is 29.6 Å². The molecule has 3 unspecified atom stereocenters. The highest BCUT2D eigenvalue weighted by Gasteiger charge is 2.32. The molecule has 0 saturated carbocycles. The summed E-state index contributed by atoms with van der Waals surface area (Å²) in [6.07, 6.45) is 4.94. The molecular formula is C33H37N3O6. The molecule has 4 aromatic rings. The Morgan fingerprint density at radius 3 is 2.48 bits per heavy atom. The number of anilines is 1. The molecule has 0 radical (unpaired) electrons. The Kier molecular flexibility index (Phi) is 9.97. The number of aliphatic carboxylic acids is 1. The second kappa shape index (κ2) is 14.2. The van der Waals surface area contributed by atoms with Gasteiger partial charge in [0.1, 0.15) is 0 Å². The number of para-hydroxylation sites is 2. The number of carbonyl (C=O) groups is 2. The molecule has 0 spiro atoms. The Balaban J connectivity index is 1.27. The number of carbonyl (C=O) groups excluding carboxylic acids is 1. The molecule has 220 valence electrons. The van der Waals surface area contributed by atoms with Crippen LogP contribution in [0.2, 0.25) is 0 Å². The predicted octanol–water partition coefficient (Wildman–Crippen LogP) is 6.14. The van der Waals surface area contributed by atoms with Crippen LogP contribution in [-0.2, 0) is 32.2 Å². The zero-order valence-electron chi connectivity index (χ0n) is 23.5. The minimum absolute atomic E-state index is 0.0168. The average Bonchev–Trinajstić information content (AvgIpc) is 3.41. The predicted molar refractivity (Wildman–Crippen MR) is 159 cm³/mol. The van der Waals surface area contributed by atoms with Crippen LogP contribution in [0.5, 0.6) is 0 Å². The average molecular weight is 572 g/mol. The lowest BCUT2D eigenvalue weighted by atomic mass is 10.00.